The summed E-state index contributed by atoms with van der Waals surface area (Å²) in [5.41, 5.74) is 6.88. The summed E-state index contributed by atoms with van der Waals surface area (Å²) < 4.78 is 6.73. The lowest BCUT2D eigenvalue weighted by Gasteiger charge is -2.30. The number of likely N-dealkylation sites (tertiary alicyclic amines) is 1. The standard InChI is InChI=1S/C17H20BrN3O2/c18-14-6-2-1-5-13(14)15-10-20-16(23-15)7-8-17(22)21-9-3-4-12(19)11-21/h1-2,5-6,10,12H,3-4,7-9,11,19H2. The van der Waals surface area contributed by atoms with Gasteiger partial charge in [-0.25, -0.2) is 4.98 Å². The van der Waals surface area contributed by atoms with Gasteiger partial charge in [0.25, 0.3) is 0 Å². The molecule has 1 fully saturated rings. The molecular formula is C17H20BrN3O2. The molecule has 23 heavy (non-hydrogen) atoms. The fourth-order valence-corrected chi connectivity index (χ4v) is 3.30. The molecule has 1 aliphatic rings. The van der Waals surface area contributed by atoms with Crippen molar-refractivity contribution in [3.63, 3.8) is 0 Å². The number of hydrogen-bond acceptors (Lipinski definition) is 4. The number of rotatable bonds is 4. The van der Waals surface area contributed by atoms with Crippen LogP contribution in [0.2, 0.25) is 0 Å². The summed E-state index contributed by atoms with van der Waals surface area (Å²) in [4.78, 5) is 18.4. The molecule has 1 saturated heterocycles. The van der Waals surface area contributed by atoms with Gasteiger partial charge in [-0.2, -0.15) is 0 Å². The van der Waals surface area contributed by atoms with Gasteiger partial charge in [-0.05, 0) is 18.9 Å². The number of benzene rings is 1. The Morgan fingerprint density at radius 3 is 3.04 bits per heavy atom. The van der Waals surface area contributed by atoms with Gasteiger partial charge in [-0.15, -0.1) is 0 Å². The number of carbonyl (C=O) groups excluding carboxylic acids is 1. The third-order valence-corrected chi connectivity index (χ3v) is 4.75. The summed E-state index contributed by atoms with van der Waals surface area (Å²) >= 11 is 3.50. The Balaban J connectivity index is 1.59. The normalized spacial score (nSPS) is 18.2. The number of nitrogens with zero attached hydrogens (tertiary/aromatic N) is 2. The number of halogens is 1. The molecule has 2 heterocycles. The van der Waals surface area contributed by atoms with Crippen molar-refractivity contribution in [2.75, 3.05) is 13.1 Å². The molecule has 2 N–H and O–H groups in total. The molecule has 1 aliphatic heterocycles. The first-order valence-electron chi connectivity index (χ1n) is 7.86. The average molecular weight is 378 g/mol. The van der Waals surface area contributed by atoms with E-state index in [0.717, 1.165) is 29.4 Å². The van der Waals surface area contributed by atoms with Gasteiger partial charge in [0, 0.05) is 42.0 Å². The Bertz CT molecular complexity index is 686. The predicted octanol–water partition coefficient (Wildman–Crippen LogP) is 2.99. The monoisotopic (exact) mass is 377 g/mol. The van der Waals surface area contributed by atoms with Crippen molar-refractivity contribution >= 4 is 21.8 Å². The first-order valence-corrected chi connectivity index (χ1v) is 8.66. The molecule has 0 saturated carbocycles. The predicted molar refractivity (Wildman–Crippen MR) is 91.7 cm³/mol. The molecule has 1 unspecified atom stereocenters. The minimum atomic E-state index is 0.108. The van der Waals surface area contributed by atoms with Crippen molar-refractivity contribution < 1.29 is 9.21 Å². The molecule has 0 bridgehead atoms. The molecule has 1 aromatic heterocycles. The van der Waals surface area contributed by atoms with E-state index in [1.807, 2.05) is 29.2 Å². The first-order chi connectivity index (χ1) is 11.1. The summed E-state index contributed by atoms with van der Waals surface area (Å²) in [7, 11) is 0. The van der Waals surface area contributed by atoms with Crippen LogP contribution < -0.4 is 5.73 Å². The zero-order valence-corrected chi connectivity index (χ0v) is 14.5. The van der Waals surface area contributed by atoms with E-state index in [0.29, 0.717) is 31.0 Å². The smallest absolute Gasteiger partial charge is 0.223 e. The van der Waals surface area contributed by atoms with Crippen molar-refractivity contribution in [1.82, 2.24) is 9.88 Å². The number of hydrogen-bond donors (Lipinski definition) is 1. The van der Waals surface area contributed by atoms with Crippen LogP contribution >= 0.6 is 15.9 Å². The Kier molecular flexibility index (Phi) is 5.13. The lowest BCUT2D eigenvalue weighted by molar-refractivity contribution is -0.132. The summed E-state index contributed by atoms with van der Waals surface area (Å²) in [6.07, 6.45) is 4.60. The van der Waals surface area contributed by atoms with E-state index in [1.165, 1.54) is 0 Å². The van der Waals surface area contributed by atoms with E-state index in [1.54, 1.807) is 6.20 Å². The van der Waals surface area contributed by atoms with Crippen molar-refractivity contribution in [1.29, 1.82) is 0 Å². The number of aryl methyl sites for hydroxylation is 1. The highest BCUT2D eigenvalue weighted by atomic mass is 79.9. The largest absolute Gasteiger partial charge is 0.441 e. The van der Waals surface area contributed by atoms with Crippen molar-refractivity contribution in [2.45, 2.75) is 31.7 Å². The maximum atomic E-state index is 12.2. The Morgan fingerprint density at radius 1 is 1.43 bits per heavy atom. The Morgan fingerprint density at radius 2 is 2.26 bits per heavy atom. The quantitative estimate of drug-likeness (QED) is 0.888. The second-order valence-corrected chi connectivity index (χ2v) is 6.69. The zero-order chi connectivity index (χ0) is 16.2. The van der Waals surface area contributed by atoms with E-state index >= 15 is 0 Å². The van der Waals surface area contributed by atoms with Gasteiger partial charge < -0.3 is 15.1 Å². The molecule has 5 nitrogen and oxygen atoms in total. The minimum absolute atomic E-state index is 0.108. The molecule has 0 aliphatic carbocycles. The van der Waals surface area contributed by atoms with Crippen LogP contribution in [0.25, 0.3) is 11.3 Å². The minimum Gasteiger partial charge on any atom is -0.441 e. The molecule has 0 spiro atoms. The molecule has 1 aromatic carbocycles. The van der Waals surface area contributed by atoms with E-state index in [-0.39, 0.29) is 11.9 Å². The van der Waals surface area contributed by atoms with Gasteiger partial charge in [0.1, 0.15) is 0 Å². The van der Waals surface area contributed by atoms with Crippen LogP contribution in [0.5, 0.6) is 0 Å². The first kappa shape index (κ1) is 16.2. The summed E-state index contributed by atoms with van der Waals surface area (Å²) in [6, 6.07) is 7.93. The molecule has 0 radical (unpaired) electrons. The van der Waals surface area contributed by atoms with Crippen LogP contribution in [0.3, 0.4) is 0 Å². The highest BCUT2D eigenvalue weighted by Gasteiger charge is 2.21. The van der Waals surface area contributed by atoms with E-state index in [9.17, 15) is 4.79 Å². The van der Waals surface area contributed by atoms with Gasteiger partial charge in [-0.3, -0.25) is 4.79 Å². The number of oxazole rings is 1. The fourth-order valence-electron chi connectivity index (χ4n) is 2.82. The number of carbonyl (C=O) groups is 1. The lowest BCUT2D eigenvalue weighted by atomic mass is 10.1. The highest BCUT2D eigenvalue weighted by Crippen LogP contribution is 2.28. The number of aromatic nitrogens is 1. The summed E-state index contributed by atoms with van der Waals surface area (Å²) in [6.45, 7) is 1.47. The van der Waals surface area contributed by atoms with Crippen LogP contribution in [-0.2, 0) is 11.2 Å². The van der Waals surface area contributed by atoms with Crippen molar-refractivity contribution in [3.8, 4) is 11.3 Å². The van der Waals surface area contributed by atoms with E-state index in [2.05, 4.69) is 20.9 Å². The van der Waals surface area contributed by atoms with Gasteiger partial charge >= 0.3 is 0 Å². The van der Waals surface area contributed by atoms with Gasteiger partial charge in [-0.1, -0.05) is 34.1 Å². The lowest BCUT2D eigenvalue weighted by Crippen LogP contribution is -2.45. The Labute approximate surface area is 144 Å². The van der Waals surface area contributed by atoms with Gasteiger partial charge in [0.2, 0.25) is 5.91 Å². The molecule has 1 atom stereocenters. The second-order valence-electron chi connectivity index (χ2n) is 5.84. The number of piperidine rings is 1. The molecule has 1 amide bonds. The van der Waals surface area contributed by atoms with Crippen molar-refractivity contribution in [3.05, 3.63) is 40.8 Å². The molecule has 6 heteroatoms. The SMILES string of the molecule is NC1CCCN(C(=O)CCc2ncc(-c3ccccc3Br)o2)C1. The van der Waals surface area contributed by atoms with Crippen LogP contribution in [0, 0.1) is 0 Å². The van der Waals surface area contributed by atoms with E-state index in [4.69, 9.17) is 10.2 Å². The molecule has 3 rings (SSSR count). The van der Waals surface area contributed by atoms with Crippen LogP contribution in [0.4, 0.5) is 0 Å². The summed E-state index contributed by atoms with van der Waals surface area (Å²) in [5, 5.41) is 0. The number of amides is 1. The number of nitrogens with two attached hydrogens (primary N) is 1. The molecular weight excluding hydrogens is 358 g/mol. The maximum absolute atomic E-state index is 12.2. The fraction of sp³-hybridized carbons (Fsp3) is 0.412. The van der Waals surface area contributed by atoms with Crippen molar-refractivity contribution in [2.24, 2.45) is 5.73 Å². The molecule has 122 valence electrons. The third kappa shape index (κ3) is 4.00. The van der Waals surface area contributed by atoms with Crippen LogP contribution in [-0.4, -0.2) is 34.9 Å². The maximum Gasteiger partial charge on any atom is 0.223 e. The second kappa shape index (κ2) is 7.27. The highest BCUT2D eigenvalue weighted by molar-refractivity contribution is 9.10. The average Bonchev–Trinajstić information content (AvgIpc) is 3.02. The summed E-state index contributed by atoms with van der Waals surface area (Å²) in [5.74, 6) is 1.42. The van der Waals surface area contributed by atoms with Gasteiger partial charge in [0.05, 0.1) is 6.20 Å². The topological polar surface area (TPSA) is 72.4 Å². The van der Waals surface area contributed by atoms with Gasteiger partial charge in [0.15, 0.2) is 11.7 Å². The van der Waals surface area contributed by atoms with Crippen LogP contribution in [0.15, 0.2) is 39.4 Å². The zero-order valence-electron chi connectivity index (χ0n) is 12.9. The van der Waals surface area contributed by atoms with E-state index < -0.39 is 0 Å². The van der Waals surface area contributed by atoms with Crippen LogP contribution in [0.1, 0.15) is 25.2 Å². The third-order valence-electron chi connectivity index (χ3n) is 4.06. The Hall–Kier alpha value is -1.66. The molecule has 2 aromatic rings.